The molecule has 0 unspecified atom stereocenters. The summed E-state index contributed by atoms with van der Waals surface area (Å²) in [4.78, 5) is 18.8. The van der Waals surface area contributed by atoms with Gasteiger partial charge in [-0.25, -0.2) is 4.98 Å². The molecule has 0 radical (unpaired) electrons. The summed E-state index contributed by atoms with van der Waals surface area (Å²) in [6.07, 6.45) is 4.95. The molecule has 0 bridgehead atoms. The van der Waals surface area contributed by atoms with E-state index in [0.717, 1.165) is 44.1 Å². The Morgan fingerprint density at radius 1 is 1.20 bits per heavy atom. The first kappa shape index (κ1) is 17.4. The maximum atomic E-state index is 12.6. The number of carbonyl (C=O) groups excluding carboxylic acids is 1. The summed E-state index contributed by atoms with van der Waals surface area (Å²) >= 11 is 0. The molecule has 0 saturated carbocycles. The minimum Gasteiger partial charge on any atom is -0.439 e. The fraction of sp³-hybridized carbons (Fsp3) is 0.400. The van der Waals surface area contributed by atoms with Crippen molar-refractivity contribution in [3.05, 3.63) is 54.2 Å². The first-order chi connectivity index (χ1) is 12.3. The molecule has 1 aliphatic heterocycles. The number of carbonyl (C=O) groups is 1. The van der Waals surface area contributed by atoms with Crippen LogP contribution >= 0.6 is 0 Å². The fourth-order valence-corrected chi connectivity index (χ4v) is 3.13. The van der Waals surface area contributed by atoms with Crippen LogP contribution in [-0.2, 0) is 0 Å². The molecule has 1 N–H and O–H groups in total. The van der Waals surface area contributed by atoms with Crippen LogP contribution in [0.3, 0.4) is 0 Å². The number of aromatic nitrogens is 1. The van der Waals surface area contributed by atoms with E-state index in [4.69, 9.17) is 4.74 Å². The van der Waals surface area contributed by atoms with E-state index >= 15 is 0 Å². The first-order valence-corrected chi connectivity index (χ1v) is 8.89. The second-order valence-corrected chi connectivity index (χ2v) is 6.43. The maximum Gasteiger partial charge on any atom is 0.255 e. The van der Waals surface area contributed by atoms with E-state index in [9.17, 15) is 4.79 Å². The smallest absolute Gasteiger partial charge is 0.255 e. The monoisotopic (exact) mass is 339 g/mol. The van der Waals surface area contributed by atoms with Crippen molar-refractivity contribution in [1.29, 1.82) is 0 Å². The SMILES string of the molecule is CNCCC1CCN(C(=O)c2ccc(Oc3ccccc3)nc2)CC1. The molecule has 2 heterocycles. The zero-order valence-electron chi connectivity index (χ0n) is 14.6. The molecule has 2 aromatic rings. The molecule has 0 atom stereocenters. The Balaban J connectivity index is 1.54. The molecule has 1 aromatic heterocycles. The molecular weight excluding hydrogens is 314 g/mol. The average Bonchev–Trinajstić information content (AvgIpc) is 2.68. The molecule has 1 saturated heterocycles. The van der Waals surface area contributed by atoms with Gasteiger partial charge in [-0.05, 0) is 57.0 Å². The lowest BCUT2D eigenvalue weighted by Crippen LogP contribution is -2.39. The van der Waals surface area contributed by atoms with Gasteiger partial charge in [0.2, 0.25) is 5.88 Å². The Morgan fingerprint density at radius 2 is 1.96 bits per heavy atom. The van der Waals surface area contributed by atoms with Gasteiger partial charge in [0, 0.05) is 25.4 Å². The summed E-state index contributed by atoms with van der Waals surface area (Å²) in [5.74, 6) is 2.01. The number of benzene rings is 1. The number of hydrogen-bond donors (Lipinski definition) is 1. The third-order valence-corrected chi connectivity index (χ3v) is 4.65. The van der Waals surface area contributed by atoms with Crippen molar-refractivity contribution in [1.82, 2.24) is 15.2 Å². The maximum absolute atomic E-state index is 12.6. The van der Waals surface area contributed by atoms with Crippen LogP contribution in [0.5, 0.6) is 11.6 Å². The van der Waals surface area contributed by atoms with Crippen LogP contribution in [0.15, 0.2) is 48.7 Å². The predicted molar refractivity (Wildman–Crippen MR) is 97.9 cm³/mol. The highest BCUT2D eigenvalue weighted by Crippen LogP contribution is 2.22. The predicted octanol–water partition coefficient (Wildman–Crippen LogP) is 3.34. The van der Waals surface area contributed by atoms with Crippen LogP contribution < -0.4 is 10.1 Å². The number of rotatable bonds is 6. The summed E-state index contributed by atoms with van der Waals surface area (Å²) in [5, 5.41) is 3.20. The van der Waals surface area contributed by atoms with E-state index < -0.39 is 0 Å². The lowest BCUT2D eigenvalue weighted by molar-refractivity contribution is 0.0686. The van der Waals surface area contributed by atoms with Crippen LogP contribution in [0.1, 0.15) is 29.6 Å². The number of piperidine rings is 1. The minimum atomic E-state index is 0.0610. The Morgan fingerprint density at radius 3 is 2.60 bits per heavy atom. The Labute approximate surface area is 149 Å². The molecule has 1 fully saturated rings. The lowest BCUT2D eigenvalue weighted by Gasteiger charge is -2.32. The van der Waals surface area contributed by atoms with E-state index in [2.05, 4.69) is 10.3 Å². The number of nitrogens with one attached hydrogen (secondary N) is 1. The molecule has 5 heteroatoms. The first-order valence-electron chi connectivity index (χ1n) is 8.89. The second-order valence-electron chi connectivity index (χ2n) is 6.43. The van der Waals surface area contributed by atoms with Crippen molar-refractivity contribution in [2.75, 3.05) is 26.7 Å². The third-order valence-electron chi connectivity index (χ3n) is 4.65. The molecule has 1 aliphatic rings. The third kappa shape index (κ3) is 4.79. The van der Waals surface area contributed by atoms with E-state index in [1.54, 1.807) is 18.3 Å². The number of pyridine rings is 1. The van der Waals surface area contributed by atoms with Gasteiger partial charge in [0.15, 0.2) is 0 Å². The minimum absolute atomic E-state index is 0.0610. The molecule has 0 aliphatic carbocycles. The Bertz CT molecular complexity index is 665. The van der Waals surface area contributed by atoms with E-state index in [1.165, 1.54) is 6.42 Å². The highest BCUT2D eigenvalue weighted by atomic mass is 16.5. The zero-order valence-corrected chi connectivity index (χ0v) is 14.6. The van der Waals surface area contributed by atoms with Gasteiger partial charge < -0.3 is 15.0 Å². The van der Waals surface area contributed by atoms with Gasteiger partial charge in [0.05, 0.1) is 5.56 Å². The highest BCUT2D eigenvalue weighted by molar-refractivity contribution is 5.94. The van der Waals surface area contributed by atoms with Crippen LogP contribution in [0.2, 0.25) is 0 Å². The number of ether oxygens (including phenoxy) is 1. The molecule has 5 nitrogen and oxygen atoms in total. The van der Waals surface area contributed by atoms with Crippen LogP contribution in [0, 0.1) is 5.92 Å². The van der Waals surface area contributed by atoms with Gasteiger partial charge >= 0.3 is 0 Å². The van der Waals surface area contributed by atoms with Crippen molar-refractivity contribution in [2.24, 2.45) is 5.92 Å². The van der Waals surface area contributed by atoms with Gasteiger partial charge in [0.1, 0.15) is 5.75 Å². The van der Waals surface area contributed by atoms with Crippen molar-refractivity contribution in [3.8, 4) is 11.6 Å². The number of likely N-dealkylation sites (tertiary alicyclic amines) is 1. The van der Waals surface area contributed by atoms with Crippen molar-refractivity contribution < 1.29 is 9.53 Å². The lowest BCUT2D eigenvalue weighted by atomic mass is 9.93. The molecule has 132 valence electrons. The van der Waals surface area contributed by atoms with Crippen LogP contribution in [0.4, 0.5) is 0 Å². The Hall–Kier alpha value is -2.40. The van der Waals surface area contributed by atoms with Crippen LogP contribution in [-0.4, -0.2) is 42.5 Å². The second kappa shape index (κ2) is 8.62. The van der Waals surface area contributed by atoms with E-state index in [0.29, 0.717) is 11.4 Å². The molecule has 1 aromatic carbocycles. The number of para-hydroxylation sites is 1. The van der Waals surface area contributed by atoms with Gasteiger partial charge in [0.25, 0.3) is 5.91 Å². The average molecular weight is 339 g/mol. The topological polar surface area (TPSA) is 54.5 Å². The van der Waals surface area contributed by atoms with Crippen molar-refractivity contribution in [3.63, 3.8) is 0 Å². The largest absolute Gasteiger partial charge is 0.439 e. The number of nitrogens with zero attached hydrogens (tertiary/aromatic N) is 2. The molecular formula is C20H25N3O2. The van der Waals surface area contributed by atoms with Gasteiger partial charge in [-0.1, -0.05) is 18.2 Å². The number of amides is 1. The quantitative estimate of drug-likeness (QED) is 0.877. The summed E-state index contributed by atoms with van der Waals surface area (Å²) < 4.78 is 5.67. The number of hydrogen-bond acceptors (Lipinski definition) is 4. The van der Waals surface area contributed by atoms with Crippen LogP contribution in [0.25, 0.3) is 0 Å². The highest BCUT2D eigenvalue weighted by Gasteiger charge is 2.23. The van der Waals surface area contributed by atoms with Crippen molar-refractivity contribution in [2.45, 2.75) is 19.3 Å². The summed E-state index contributed by atoms with van der Waals surface area (Å²) in [5.41, 5.74) is 0.620. The van der Waals surface area contributed by atoms with Gasteiger partial charge in [-0.3, -0.25) is 4.79 Å². The Kier molecular flexibility index (Phi) is 6.01. The van der Waals surface area contributed by atoms with E-state index in [1.807, 2.05) is 42.3 Å². The standard InChI is InChI=1S/C20H25N3O2/c1-21-12-9-16-10-13-23(14-11-16)20(24)17-7-8-19(22-15-17)25-18-5-3-2-4-6-18/h2-8,15-16,21H,9-14H2,1H3. The molecule has 3 rings (SSSR count). The normalized spacial score (nSPS) is 15.2. The van der Waals surface area contributed by atoms with Gasteiger partial charge in [-0.2, -0.15) is 0 Å². The zero-order chi connectivity index (χ0) is 17.5. The molecule has 25 heavy (non-hydrogen) atoms. The molecule has 0 spiro atoms. The summed E-state index contributed by atoms with van der Waals surface area (Å²) in [7, 11) is 1.98. The van der Waals surface area contributed by atoms with Crippen molar-refractivity contribution >= 4 is 5.91 Å². The van der Waals surface area contributed by atoms with E-state index in [-0.39, 0.29) is 5.91 Å². The van der Waals surface area contributed by atoms with Gasteiger partial charge in [-0.15, -0.1) is 0 Å². The molecule has 1 amide bonds. The summed E-state index contributed by atoms with van der Waals surface area (Å²) in [6, 6.07) is 13.0. The summed E-state index contributed by atoms with van der Waals surface area (Å²) in [6.45, 7) is 2.70. The fourth-order valence-electron chi connectivity index (χ4n) is 3.13.